The van der Waals surface area contributed by atoms with E-state index in [0.717, 1.165) is 17.3 Å². The van der Waals surface area contributed by atoms with Crippen molar-refractivity contribution in [3.8, 4) is 0 Å². The standard InChI is InChI=1S/C12H15BrO2/c1-2-10(7-12(14)15)11-5-3-4-9(6-11)8-13/h3-6,10H,2,7-8H2,1H3,(H,14,15). The number of carboxylic acids is 1. The summed E-state index contributed by atoms with van der Waals surface area (Å²) in [5.74, 6) is -0.604. The van der Waals surface area contributed by atoms with Crippen molar-refractivity contribution in [1.82, 2.24) is 0 Å². The van der Waals surface area contributed by atoms with E-state index in [0.29, 0.717) is 0 Å². The van der Waals surface area contributed by atoms with Crippen LogP contribution in [-0.2, 0) is 10.1 Å². The maximum Gasteiger partial charge on any atom is 0.303 e. The molecular weight excluding hydrogens is 256 g/mol. The minimum Gasteiger partial charge on any atom is -0.481 e. The van der Waals surface area contributed by atoms with Crippen molar-refractivity contribution in [2.45, 2.75) is 31.0 Å². The summed E-state index contributed by atoms with van der Waals surface area (Å²) in [4.78, 5) is 10.7. The van der Waals surface area contributed by atoms with Gasteiger partial charge in [-0.3, -0.25) is 4.79 Å². The molecule has 0 aromatic heterocycles. The van der Waals surface area contributed by atoms with E-state index in [2.05, 4.69) is 22.0 Å². The largest absolute Gasteiger partial charge is 0.481 e. The second kappa shape index (κ2) is 5.91. The molecule has 1 atom stereocenters. The lowest BCUT2D eigenvalue weighted by molar-refractivity contribution is -0.137. The van der Waals surface area contributed by atoms with Gasteiger partial charge in [0.15, 0.2) is 0 Å². The van der Waals surface area contributed by atoms with Crippen LogP contribution in [0.2, 0.25) is 0 Å². The van der Waals surface area contributed by atoms with Crippen LogP contribution in [0.3, 0.4) is 0 Å². The summed E-state index contributed by atoms with van der Waals surface area (Å²) < 4.78 is 0. The molecule has 0 amide bonds. The SMILES string of the molecule is CCC(CC(=O)O)c1cccc(CBr)c1. The van der Waals surface area contributed by atoms with E-state index in [1.165, 1.54) is 5.56 Å². The maximum absolute atomic E-state index is 10.7. The smallest absolute Gasteiger partial charge is 0.303 e. The monoisotopic (exact) mass is 270 g/mol. The number of benzene rings is 1. The van der Waals surface area contributed by atoms with E-state index in [4.69, 9.17) is 5.11 Å². The Kier molecular flexibility index (Phi) is 4.82. The molecule has 3 heteroatoms. The zero-order valence-corrected chi connectivity index (χ0v) is 10.3. The third-order valence-corrected chi connectivity index (χ3v) is 3.14. The topological polar surface area (TPSA) is 37.3 Å². The van der Waals surface area contributed by atoms with Crippen molar-refractivity contribution in [3.05, 3.63) is 35.4 Å². The molecule has 2 nitrogen and oxygen atoms in total. The predicted molar refractivity (Wildman–Crippen MR) is 64.4 cm³/mol. The van der Waals surface area contributed by atoms with Gasteiger partial charge in [-0.05, 0) is 23.5 Å². The first-order valence-corrected chi connectivity index (χ1v) is 6.16. The number of carbonyl (C=O) groups is 1. The first-order valence-electron chi connectivity index (χ1n) is 5.04. The Morgan fingerprint density at radius 3 is 2.80 bits per heavy atom. The van der Waals surface area contributed by atoms with Crippen molar-refractivity contribution in [3.63, 3.8) is 0 Å². The van der Waals surface area contributed by atoms with Gasteiger partial charge in [-0.1, -0.05) is 47.1 Å². The van der Waals surface area contributed by atoms with Gasteiger partial charge < -0.3 is 5.11 Å². The number of rotatable bonds is 5. The van der Waals surface area contributed by atoms with Gasteiger partial charge in [-0.2, -0.15) is 0 Å². The lowest BCUT2D eigenvalue weighted by Crippen LogP contribution is -2.05. The Morgan fingerprint density at radius 1 is 1.53 bits per heavy atom. The van der Waals surface area contributed by atoms with Crippen molar-refractivity contribution >= 4 is 21.9 Å². The third-order valence-electron chi connectivity index (χ3n) is 2.49. The molecule has 0 saturated heterocycles. The molecule has 1 aromatic rings. The minimum absolute atomic E-state index is 0.126. The van der Waals surface area contributed by atoms with Crippen molar-refractivity contribution < 1.29 is 9.90 Å². The van der Waals surface area contributed by atoms with Gasteiger partial charge in [0.05, 0.1) is 6.42 Å². The fourth-order valence-electron chi connectivity index (χ4n) is 1.64. The van der Waals surface area contributed by atoms with Crippen molar-refractivity contribution in [1.29, 1.82) is 0 Å². The summed E-state index contributed by atoms with van der Waals surface area (Å²) in [5, 5.41) is 9.60. The molecule has 1 unspecified atom stereocenters. The van der Waals surface area contributed by atoms with Crippen LogP contribution in [0.1, 0.15) is 36.8 Å². The fraction of sp³-hybridized carbons (Fsp3) is 0.417. The van der Waals surface area contributed by atoms with Gasteiger partial charge in [0.25, 0.3) is 0 Å². The molecule has 0 bridgehead atoms. The van der Waals surface area contributed by atoms with Crippen LogP contribution in [0.5, 0.6) is 0 Å². The summed E-state index contributed by atoms with van der Waals surface area (Å²) in [7, 11) is 0. The van der Waals surface area contributed by atoms with Crippen LogP contribution in [-0.4, -0.2) is 11.1 Å². The summed E-state index contributed by atoms with van der Waals surface area (Å²) in [6.45, 7) is 2.02. The number of alkyl halides is 1. The Labute approximate surface area is 98.4 Å². The number of carboxylic acid groups (broad SMARTS) is 1. The number of hydrogen-bond donors (Lipinski definition) is 1. The summed E-state index contributed by atoms with van der Waals surface area (Å²) >= 11 is 3.40. The molecule has 1 rings (SSSR count). The minimum atomic E-state index is -0.730. The summed E-state index contributed by atoms with van der Waals surface area (Å²) in [6.07, 6.45) is 1.07. The van der Waals surface area contributed by atoms with Crippen molar-refractivity contribution in [2.24, 2.45) is 0 Å². The Balaban J connectivity index is 2.85. The average molecular weight is 271 g/mol. The normalized spacial score (nSPS) is 12.4. The third kappa shape index (κ3) is 3.67. The molecule has 0 fully saturated rings. The molecule has 15 heavy (non-hydrogen) atoms. The molecule has 0 aliphatic heterocycles. The van der Waals surface area contributed by atoms with Gasteiger partial charge >= 0.3 is 5.97 Å². The van der Waals surface area contributed by atoms with Crippen LogP contribution in [0.4, 0.5) is 0 Å². The fourth-order valence-corrected chi connectivity index (χ4v) is 1.99. The van der Waals surface area contributed by atoms with Gasteiger partial charge in [0.1, 0.15) is 0 Å². The van der Waals surface area contributed by atoms with E-state index in [-0.39, 0.29) is 12.3 Å². The van der Waals surface area contributed by atoms with E-state index in [9.17, 15) is 4.79 Å². The molecular formula is C12H15BrO2. The molecule has 0 radical (unpaired) electrons. The Bertz CT molecular complexity index is 336. The number of aliphatic carboxylic acids is 1. The molecule has 1 N–H and O–H groups in total. The highest BCUT2D eigenvalue weighted by molar-refractivity contribution is 9.08. The molecule has 0 aliphatic carbocycles. The quantitative estimate of drug-likeness (QED) is 0.831. The zero-order chi connectivity index (χ0) is 11.3. The Hall–Kier alpha value is -0.830. The van der Waals surface area contributed by atoms with E-state index >= 15 is 0 Å². The van der Waals surface area contributed by atoms with Crippen LogP contribution >= 0.6 is 15.9 Å². The van der Waals surface area contributed by atoms with Gasteiger partial charge in [-0.25, -0.2) is 0 Å². The van der Waals surface area contributed by atoms with Crippen LogP contribution in [0.25, 0.3) is 0 Å². The molecule has 0 heterocycles. The second-order valence-corrected chi connectivity index (χ2v) is 4.14. The molecule has 82 valence electrons. The molecule has 0 aliphatic rings. The van der Waals surface area contributed by atoms with E-state index in [1.807, 2.05) is 25.1 Å². The number of hydrogen-bond acceptors (Lipinski definition) is 1. The highest BCUT2D eigenvalue weighted by Gasteiger charge is 2.13. The zero-order valence-electron chi connectivity index (χ0n) is 8.74. The molecule has 1 aromatic carbocycles. The predicted octanol–water partition coefficient (Wildman–Crippen LogP) is 3.55. The molecule has 0 spiro atoms. The molecule has 0 saturated carbocycles. The average Bonchev–Trinajstić information content (AvgIpc) is 2.25. The summed E-state index contributed by atoms with van der Waals surface area (Å²) in [5.41, 5.74) is 2.31. The lowest BCUT2D eigenvalue weighted by Gasteiger charge is -2.13. The maximum atomic E-state index is 10.7. The van der Waals surface area contributed by atoms with Crippen molar-refractivity contribution in [2.75, 3.05) is 0 Å². The van der Waals surface area contributed by atoms with E-state index in [1.54, 1.807) is 0 Å². The first kappa shape index (κ1) is 12.2. The summed E-state index contributed by atoms with van der Waals surface area (Å²) in [6, 6.07) is 8.09. The van der Waals surface area contributed by atoms with E-state index < -0.39 is 5.97 Å². The highest BCUT2D eigenvalue weighted by atomic mass is 79.9. The van der Waals surface area contributed by atoms with Crippen LogP contribution < -0.4 is 0 Å². The van der Waals surface area contributed by atoms with Gasteiger partial charge in [-0.15, -0.1) is 0 Å². The lowest BCUT2D eigenvalue weighted by atomic mass is 9.92. The van der Waals surface area contributed by atoms with Crippen LogP contribution in [0, 0.1) is 0 Å². The first-order chi connectivity index (χ1) is 7.17. The Morgan fingerprint density at radius 2 is 2.27 bits per heavy atom. The van der Waals surface area contributed by atoms with Gasteiger partial charge in [0.2, 0.25) is 0 Å². The van der Waals surface area contributed by atoms with Gasteiger partial charge in [0, 0.05) is 5.33 Å². The number of halogens is 1. The van der Waals surface area contributed by atoms with Crippen LogP contribution in [0.15, 0.2) is 24.3 Å². The highest BCUT2D eigenvalue weighted by Crippen LogP contribution is 2.24. The second-order valence-electron chi connectivity index (χ2n) is 3.58.